The first-order valence-corrected chi connectivity index (χ1v) is 9.34. The number of rotatable bonds is 5. The number of carbonyl (C=O) groups excluding carboxylic acids is 3. The van der Waals surface area contributed by atoms with Gasteiger partial charge in [0.25, 0.3) is 11.1 Å². The molecule has 0 aliphatic carbocycles. The SMILES string of the molecule is CCOC(=O)c1ccc(N[C@@H]2SC(=O)N(c3cccc(C(F)(F)F)c3)C2=O)cc1. The Morgan fingerprint density at radius 3 is 2.48 bits per heavy atom. The Bertz CT molecular complexity index is 947. The zero-order chi connectivity index (χ0) is 21.2. The number of carbonyl (C=O) groups is 3. The fourth-order valence-electron chi connectivity index (χ4n) is 2.62. The Kier molecular flexibility index (Phi) is 5.83. The van der Waals surface area contributed by atoms with Gasteiger partial charge in [0.1, 0.15) is 0 Å². The van der Waals surface area contributed by atoms with Gasteiger partial charge in [0.2, 0.25) is 0 Å². The molecule has 152 valence electrons. The molecular formula is C19H15F3N2O4S. The summed E-state index contributed by atoms with van der Waals surface area (Å²) in [6, 6.07) is 10.1. The molecule has 10 heteroatoms. The summed E-state index contributed by atoms with van der Waals surface area (Å²) in [5.74, 6) is -1.18. The van der Waals surface area contributed by atoms with E-state index in [0.29, 0.717) is 27.9 Å². The molecule has 29 heavy (non-hydrogen) atoms. The van der Waals surface area contributed by atoms with E-state index in [1.165, 1.54) is 30.3 Å². The molecule has 1 atom stereocenters. The molecule has 0 spiro atoms. The monoisotopic (exact) mass is 424 g/mol. The molecule has 0 bridgehead atoms. The standard InChI is InChI=1S/C19H15F3N2O4S/c1-2-28-17(26)11-6-8-13(9-7-11)23-15-16(25)24(18(27)29-15)14-5-3-4-12(10-14)19(20,21)22/h3-10,15,23H,2H2,1H3/t15-/m1/s1. The Morgan fingerprint density at radius 2 is 1.86 bits per heavy atom. The number of thioether (sulfide) groups is 1. The fraction of sp³-hybridized carbons (Fsp3) is 0.211. The zero-order valence-electron chi connectivity index (χ0n) is 15.0. The van der Waals surface area contributed by atoms with Crippen LogP contribution in [-0.4, -0.2) is 29.1 Å². The van der Waals surface area contributed by atoms with Crippen molar-refractivity contribution in [1.29, 1.82) is 0 Å². The van der Waals surface area contributed by atoms with Gasteiger partial charge in [0, 0.05) is 5.69 Å². The number of benzene rings is 2. The Hall–Kier alpha value is -3.01. The number of nitrogens with one attached hydrogen (secondary N) is 1. The van der Waals surface area contributed by atoms with Crippen LogP contribution in [0.3, 0.4) is 0 Å². The van der Waals surface area contributed by atoms with Crippen LogP contribution >= 0.6 is 11.8 Å². The highest BCUT2D eigenvalue weighted by atomic mass is 32.2. The minimum absolute atomic E-state index is 0.149. The lowest BCUT2D eigenvalue weighted by Gasteiger charge is -2.16. The average Bonchev–Trinajstić information content (AvgIpc) is 2.95. The quantitative estimate of drug-likeness (QED) is 0.712. The summed E-state index contributed by atoms with van der Waals surface area (Å²) < 4.78 is 43.6. The van der Waals surface area contributed by atoms with E-state index < -0.39 is 34.2 Å². The number of anilines is 2. The maximum Gasteiger partial charge on any atom is 0.416 e. The van der Waals surface area contributed by atoms with E-state index in [-0.39, 0.29) is 12.3 Å². The first-order valence-electron chi connectivity index (χ1n) is 8.46. The van der Waals surface area contributed by atoms with Crippen LogP contribution < -0.4 is 10.2 Å². The van der Waals surface area contributed by atoms with Gasteiger partial charge in [-0.3, -0.25) is 9.59 Å². The third kappa shape index (κ3) is 4.53. The van der Waals surface area contributed by atoms with Gasteiger partial charge in [-0.05, 0) is 61.2 Å². The molecule has 1 heterocycles. The molecule has 2 aromatic carbocycles. The van der Waals surface area contributed by atoms with E-state index in [9.17, 15) is 27.6 Å². The van der Waals surface area contributed by atoms with E-state index in [0.717, 1.165) is 18.2 Å². The lowest BCUT2D eigenvalue weighted by atomic mass is 10.2. The van der Waals surface area contributed by atoms with Crippen molar-refractivity contribution >= 4 is 40.3 Å². The summed E-state index contributed by atoms with van der Waals surface area (Å²) in [6.45, 7) is 1.92. The molecule has 2 aromatic rings. The first-order chi connectivity index (χ1) is 13.7. The van der Waals surface area contributed by atoms with Crippen LogP contribution in [0.25, 0.3) is 0 Å². The van der Waals surface area contributed by atoms with Crippen molar-refractivity contribution in [3.63, 3.8) is 0 Å². The smallest absolute Gasteiger partial charge is 0.416 e. The van der Waals surface area contributed by atoms with Crippen LogP contribution in [0.1, 0.15) is 22.8 Å². The highest BCUT2D eigenvalue weighted by Crippen LogP contribution is 2.36. The van der Waals surface area contributed by atoms with Crippen LogP contribution in [0.15, 0.2) is 48.5 Å². The third-order valence-corrected chi connectivity index (χ3v) is 4.91. The molecule has 0 radical (unpaired) electrons. The number of hydrogen-bond acceptors (Lipinski definition) is 6. The van der Waals surface area contributed by atoms with Crippen molar-refractivity contribution in [2.45, 2.75) is 18.5 Å². The number of esters is 1. The van der Waals surface area contributed by atoms with Crippen LogP contribution in [0.2, 0.25) is 0 Å². The van der Waals surface area contributed by atoms with E-state index in [1.54, 1.807) is 6.92 Å². The van der Waals surface area contributed by atoms with Gasteiger partial charge >= 0.3 is 12.1 Å². The highest BCUT2D eigenvalue weighted by molar-refractivity contribution is 8.16. The van der Waals surface area contributed by atoms with Gasteiger partial charge in [-0.25, -0.2) is 9.69 Å². The summed E-state index contributed by atoms with van der Waals surface area (Å²) in [7, 11) is 0. The number of alkyl halides is 3. The van der Waals surface area contributed by atoms with Crippen LogP contribution in [0.4, 0.5) is 29.3 Å². The van der Waals surface area contributed by atoms with Crippen molar-refractivity contribution < 1.29 is 32.3 Å². The lowest BCUT2D eigenvalue weighted by molar-refractivity contribution is -0.137. The minimum Gasteiger partial charge on any atom is -0.462 e. The van der Waals surface area contributed by atoms with E-state index >= 15 is 0 Å². The molecule has 0 aromatic heterocycles. The topological polar surface area (TPSA) is 75.7 Å². The molecule has 2 amide bonds. The summed E-state index contributed by atoms with van der Waals surface area (Å²) in [4.78, 5) is 37.2. The first kappa shape index (κ1) is 20.7. The molecule has 1 saturated heterocycles. The average molecular weight is 424 g/mol. The Morgan fingerprint density at radius 1 is 1.17 bits per heavy atom. The number of amides is 2. The van der Waals surface area contributed by atoms with Gasteiger partial charge in [-0.2, -0.15) is 13.2 Å². The molecule has 6 nitrogen and oxygen atoms in total. The van der Waals surface area contributed by atoms with Crippen molar-refractivity contribution in [2.24, 2.45) is 0 Å². The number of nitrogens with zero attached hydrogens (tertiary/aromatic N) is 1. The normalized spacial score (nSPS) is 16.8. The van der Waals surface area contributed by atoms with E-state index in [2.05, 4.69) is 5.32 Å². The third-order valence-electron chi connectivity index (χ3n) is 3.97. The number of imide groups is 1. The summed E-state index contributed by atoms with van der Waals surface area (Å²) in [5.41, 5.74) is -0.317. The van der Waals surface area contributed by atoms with Crippen LogP contribution in [0.5, 0.6) is 0 Å². The van der Waals surface area contributed by atoms with Crippen molar-refractivity contribution in [3.8, 4) is 0 Å². The van der Waals surface area contributed by atoms with Gasteiger partial charge in [0.15, 0.2) is 5.37 Å². The predicted octanol–water partition coefficient (Wildman–Crippen LogP) is 4.52. The van der Waals surface area contributed by atoms with Crippen molar-refractivity contribution in [2.75, 3.05) is 16.8 Å². The van der Waals surface area contributed by atoms with E-state index in [4.69, 9.17) is 4.74 Å². The zero-order valence-corrected chi connectivity index (χ0v) is 15.8. The van der Waals surface area contributed by atoms with Crippen molar-refractivity contribution in [1.82, 2.24) is 0 Å². The molecule has 0 unspecified atom stereocenters. The molecule has 1 N–H and O–H groups in total. The summed E-state index contributed by atoms with van der Waals surface area (Å²) in [5, 5.41) is 1.15. The molecule has 0 saturated carbocycles. The number of ether oxygens (including phenoxy) is 1. The second-order valence-corrected chi connectivity index (χ2v) is 6.98. The van der Waals surface area contributed by atoms with Gasteiger partial charge in [-0.15, -0.1) is 0 Å². The second-order valence-electron chi connectivity index (χ2n) is 5.93. The molecule has 1 aliphatic rings. The highest BCUT2D eigenvalue weighted by Gasteiger charge is 2.41. The summed E-state index contributed by atoms with van der Waals surface area (Å²) >= 11 is 0.657. The fourth-order valence-corrected chi connectivity index (χ4v) is 3.53. The number of halogens is 3. The minimum atomic E-state index is -4.59. The predicted molar refractivity (Wildman–Crippen MR) is 102 cm³/mol. The molecule has 3 rings (SSSR count). The maximum absolute atomic E-state index is 12.9. The van der Waals surface area contributed by atoms with Gasteiger partial charge in [-0.1, -0.05) is 6.07 Å². The molecule has 1 aliphatic heterocycles. The van der Waals surface area contributed by atoms with Crippen LogP contribution in [-0.2, 0) is 15.7 Å². The largest absolute Gasteiger partial charge is 0.462 e. The van der Waals surface area contributed by atoms with Crippen molar-refractivity contribution in [3.05, 3.63) is 59.7 Å². The Labute approximate surface area is 168 Å². The van der Waals surface area contributed by atoms with Gasteiger partial charge < -0.3 is 10.1 Å². The second kappa shape index (κ2) is 8.16. The van der Waals surface area contributed by atoms with E-state index in [1.807, 2.05) is 0 Å². The molecule has 1 fully saturated rings. The number of hydrogen-bond donors (Lipinski definition) is 1. The molecular weight excluding hydrogens is 409 g/mol. The Balaban J connectivity index is 1.75. The van der Waals surface area contributed by atoms with Crippen LogP contribution in [0, 0.1) is 0 Å². The van der Waals surface area contributed by atoms with Gasteiger partial charge in [0.05, 0.1) is 23.4 Å². The lowest BCUT2D eigenvalue weighted by Crippen LogP contribution is -2.34. The maximum atomic E-state index is 12.9. The summed E-state index contributed by atoms with van der Waals surface area (Å²) in [6.07, 6.45) is -4.59.